The third kappa shape index (κ3) is 2.71. The molecule has 8 heteroatoms. The molecule has 1 amide bonds. The van der Waals surface area contributed by atoms with Crippen molar-refractivity contribution >= 4 is 15.9 Å². The predicted molar refractivity (Wildman–Crippen MR) is 95.5 cm³/mol. The zero-order valence-electron chi connectivity index (χ0n) is 15.1. The maximum Gasteiger partial charge on any atom is 0.227 e. The van der Waals surface area contributed by atoms with Gasteiger partial charge in [-0.25, -0.2) is 8.42 Å². The summed E-state index contributed by atoms with van der Waals surface area (Å²) in [5.41, 5.74) is 0.144. The molecule has 0 aliphatic carbocycles. The number of morpholine rings is 1. The van der Waals surface area contributed by atoms with Gasteiger partial charge < -0.3 is 14.4 Å². The van der Waals surface area contributed by atoms with E-state index < -0.39 is 20.9 Å². The molecule has 3 aliphatic heterocycles. The lowest BCUT2D eigenvalue weighted by Gasteiger charge is -2.39. The van der Waals surface area contributed by atoms with Gasteiger partial charge in [0.05, 0.1) is 26.2 Å². The quantitative estimate of drug-likeness (QED) is 0.766. The number of methoxy groups -OCH3 is 1. The van der Waals surface area contributed by atoms with E-state index in [0.717, 1.165) is 11.3 Å². The molecule has 3 saturated heterocycles. The molecule has 0 N–H and O–H groups in total. The van der Waals surface area contributed by atoms with Crippen molar-refractivity contribution in [3.63, 3.8) is 0 Å². The standard InChI is InChI=1S/C18H24N2O5S/c1-3-20-12-18-11-19(10-15(25-18)9-16(18)26(20,22)23)17(21)8-13-4-6-14(24-2)7-5-13/h4-7,15-16H,3,8-12H2,1-2H3/t15-,16+,18+/m1/s1. The molecule has 3 fully saturated rings. The second kappa shape index (κ2) is 6.21. The van der Waals surface area contributed by atoms with Crippen molar-refractivity contribution < 1.29 is 22.7 Å². The van der Waals surface area contributed by atoms with E-state index >= 15 is 0 Å². The van der Waals surface area contributed by atoms with Gasteiger partial charge in [0.25, 0.3) is 0 Å². The van der Waals surface area contributed by atoms with E-state index in [4.69, 9.17) is 9.47 Å². The summed E-state index contributed by atoms with van der Waals surface area (Å²) in [6.45, 7) is 3.43. The highest BCUT2D eigenvalue weighted by molar-refractivity contribution is 7.90. The number of amides is 1. The minimum atomic E-state index is -3.34. The van der Waals surface area contributed by atoms with E-state index in [2.05, 4.69) is 0 Å². The Balaban J connectivity index is 1.51. The van der Waals surface area contributed by atoms with Crippen LogP contribution in [0, 0.1) is 0 Å². The number of sulfonamides is 1. The molecule has 0 radical (unpaired) electrons. The number of hydrogen-bond donors (Lipinski definition) is 0. The molecule has 7 nitrogen and oxygen atoms in total. The van der Waals surface area contributed by atoms with Gasteiger partial charge in [-0.1, -0.05) is 19.1 Å². The van der Waals surface area contributed by atoms with Gasteiger partial charge in [0.1, 0.15) is 16.6 Å². The summed E-state index contributed by atoms with van der Waals surface area (Å²) in [5, 5.41) is -0.529. The molecule has 142 valence electrons. The first-order valence-electron chi connectivity index (χ1n) is 8.95. The van der Waals surface area contributed by atoms with Gasteiger partial charge in [0.2, 0.25) is 15.9 Å². The zero-order valence-corrected chi connectivity index (χ0v) is 15.9. The van der Waals surface area contributed by atoms with E-state index in [1.165, 1.54) is 4.31 Å². The number of fused-ring (bicyclic) bond motifs is 1. The van der Waals surface area contributed by atoms with E-state index in [1.807, 2.05) is 31.2 Å². The third-order valence-corrected chi connectivity index (χ3v) is 8.18. The summed E-state index contributed by atoms with van der Waals surface area (Å²) in [7, 11) is -1.73. The van der Waals surface area contributed by atoms with E-state index in [1.54, 1.807) is 12.0 Å². The highest BCUT2D eigenvalue weighted by Gasteiger charge is 2.65. The monoisotopic (exact) mass is 380 g/mol. The van der Waals surface area contributed by atoms with Gasteiger partial charge in [-0.05, 0) is 24.1 Å². The minimum Gasteiger partial charge on any atom is -0.497 e. The Kier molecular flexibility index (Phi) is 4.24. The van der Waals surface area contributed by atoms with Gasteiger partial charge in [-0.3, -0.25) is 4.79 Å². The number of carbonyl (C=O) groups excluding carboxylic acids is 1. The molecule has 3 aliphatic rings. The van der Waals surface area contributed by atoms with Crippen LogP contribution in [0.2, 0.25) is 0 Å². The second-order valence-corrected chi connectivity index (χ2v) is 9.41. The first kappa shape index (κ1) is 17.8. The van der Waals surface area contributed by atoms with Crippen molar-refractivity contribution in [2.45, 2.75) is 36.7 Å². The lowest BCUT2D eigenvalue weighted by atomic mass is 9.99. The normalized spacial score (nSPS) is 32.5. The molecule has 1 spiro atoms. The van der Waals surface area contributed by atoms with Crippen LogP contribution in [0.5, 0.6) is 5.75 Å². The van der Waals surface area contributed by atoms with Crippen molar-refractivity contribution in [1.29, 1.82) is 0 Å². The van der Waals surface area contributed by atoms with Crippen molar-refractivity contribution in [2.75, 3.05) is 33.3 Å². The fraction of sp³-hybridized carbons (Fsp3) is 0.611. The average Bonchev–Trinajstić information content (AvgIpc) is 3.00. The smallest absolute Gasteiger partial charge is 0.227 e. The van der Waals surface area contributed by atoms with Crippen LogP contribution in [-0.2, 0) is 26.0 Å². The van der Waals surface area contributed by atoms with Crippen LogP contribution in [0.4, 0.5) is 0 Å². The van der Waals surface area contributed by atoms with Crippen molar-refractivity contribution in [3.05, 3.63) is 29.8 Å². The molecule has 0 saturated carbocycles. The first-order chi connectivity index (χ1) is 12.4. The van der Waals surface area contributed by atoms with Crippen molar-refractivity contribution in [1.82, 2.24) is 9.21 Å². The van der Waals surface area contributed by atoms with Crippen molar-refractivity contribution in [2.24, 2.45) is 0 Å². The Morgan fingerprint density at radius 2 is 2.04 bits per heavy atom. The SMILES string of the molecule is CCN1C[C@@]23CN(C(=O)Cc4ccc(OC)cc4)C[C@@H](C[C@@H]2S1(=O)=O)O3. The fourth-order valence-electron chi connectivity index (χ4n) is 4.46. The summed E-state index contributed by atoms with van der Waals surface area (Å²) in [4.78, 5) is 14.6. The summed E-state index contributed by atoms with van der Waals surface area (Å²) in [5.74, 6) is 0.763. The maximum absolute atomic E-state index is 12.8. The number of rotatable bonds is 4. The number of ether oxygens (including phenoxy) is 2. The number of carbonyl (C=O) groups is 1. The van der Waals surface area contributed by atoms with Crippen LogP contribution in [0.3, 0.4) is 0 Å². The summed E-state index contributed by atoms with van der Waals surface area (Å²) in [6.07, 6.45) is 0.578. The van der Waals surface area contributed by atoms with E-state index in [-0.39, 0.29) is 12.0 Å². The third-order valence-electron chi connectivity index (χ3n) is 5.73. The number of hydrogen-bond acceptors (Lipinski definition) is 5. The Morgan fingerprint density at radius 3 is 2.69 bits per heavy atom. The van der Waals surface area contributed by atoms with Crippen LogP contribution >= 0.6 is 0 Å². The molecule has 4 rings (SSSR count). The molecule has 0 unspecified atom stereocenters. The largest absolute Gasteiger partial charge is 0.497 e. The topological polar surface area (TPSA) is 76.2 Å². The highest BCUT2D eigenvalue weighted by atomic mass is 32.2. The summed E-state index contributed by atoms with van der Waals surface area (Å²) < 4.78 is 38.1. The lowest BCUT2D eigenvalue weighted by molar-refractivity contribution is -0.150. The van der Waals surface area contributed by atoms with Crippen molar-refractivity contribution in [3.8, 4) is 5.75 Å². The average molecular weight is 380 g/mol. The molecule has 0 aromatic heterocycles. The maximum atomic E-state index is 12.8. The lowest BCUT2D eigenvalue weighted by Crippen LogP contribution is -2.56. The number of likely N-dealkylation sites (N-methyl/N-ethyl adjacent to an activating group) is 1. The Morgan fingerprint density at radius 1 is 1.31 bits per heavy atom. The molecule has 2 bridgehead atoms. The van der Waals surface area contributed by atoms with E-state index in [0.29, 0.717) is 39.0 Å². The Hall–Kier alpha value is -1.64. The molecule has 26 heavy (non-hydrogen) atoms. The summed E-state index contributed by atoms with van der Waals surface area (Å²) >= 11 is 0. The Bertz CT molecular complexity index is 809. The van der Waals surface area contributed by atoms with Gasteiger partial charge in [-0.2, -0.15) is 4.31 Å². The van der Waals surface area contributed by atoms with Crippen LogP contribution in [-0.4, -0.2) is 73.8 Å². The van der Waals surface area contributed by atoms with Gasteiger partial charge >= 0.3 is 0 Å². The number of benzene rings is 1. The minimum absolute atomic E-state index is 0.0100. The van der Waals surface area contributed by atoms with Crippen LogP contribution in [0.25, 0.3) is 0 Å². The number of nitrogens with zero attached hydrogens (tertiary/aromatic N) is 2. The molecule has 3 heterocycles. The summed E-state index contributed by atoms with van der Waals surface area (Å²) in [6, 6.07) is 7.43. The molecular formula is C18H24N2O5S. The van der Waals surface area contributed by atoms with Gasteiger partial charge in [0.15, 0.2) is 0 Å². The molecule has 3 atom stereocenters. The van der Waals surface area contributed by atoms with E-state index in [9.17, 15) is 13.2 Å². The molecule has 1 aromatic rings. The Labute approximate surface area is 153 Å². The van der Waals surface area contributed by atoms with Crippen LogP contribution < -0.4 is 4.74 Å². The first-order valence-corrected chi connectivity index (χ1v) is 10.5. The molecular weight excluding hydrogens is 356 g/mol. The van der Waals surface area contributed by atoms with Crippen LogP contribution in [0.15, 0.2) is 24.3 Å². The fourth-order valence-corrected chi connectivity index (χ4v) is 6.78. The molecule has 1 aromatic carbocycles. The second-order valence-electron chi connectivity index (χ2n) is 7.30. The predicted octanol–water partition coefficient (Wildman–Crippen LogP) is 0.642. The van der Waals surface area contributed by atoms with Gasteiger partial charge in [0, 0.05) is 19.6 Å². The highest BCUT2D eigenvalue weighted by Crippen LogP contribution is 2.46. The van der Waals surface area contributed by atoms with Crippen LogP contribution in [0.1, 0.15) is 18.9 Å². The zero-order chi connectivity index (χ0) is 18.5. The number of likely N-dealkylation sites (tertiary alicyclic amines) is 1. The van der Waals surface area contributed by atoms with Gasteiger partial charge in [-0.15, -0.1) is 0 Å².